The van der Waals surface area contributed by atoms with Gasteiger partial charge in [0.15, 0.2) is 5.82 Å². The maximum atomic E-state index is 12.0. The molecular weight excluding hydrogens is 448 g/mol. The van der Waals surface area contributed by atoms with Gasteiger partial charge in [0.05, 0.1) is 23.6 Å². The molecule has 1 aliphatic rings. The van der Waals surface area contributed by atoms with E-state index in [2.05, 4.69) is 15.8 Å². The number of nitrogens with one attached hydrogen (secondary N) is 2. The first-order valence-electron chi connectivity index (χ1n) is 11.8. The molecule has 1 fully saturated rings. The molecule has 186 valence electrons. The van der Waals surface area contributed by atoms with Crippen LogP contribution in [0.25, 0.3) is 22.6 Å². The Hall–Kier alpha value is -3.34. The highest BCUT2D eigenvalue weighted by Gasteiger charge is 2.22. The molecule has 0 aliphatic carbocycles. The summed E-state index contributed by atoms with van der Waals surface area (Å²) in [7, 11) is 0. The fraction of sp³-hybridized carbons (Fsp3) is 0.440. The highest BCUT2D eigenvalue weighted by molar-refractivity contribution is 5.81. The first kappa shape index (κ1) is 24.8. The van der Waals surface area contributed by atoms with E-state index in [-0.39, 0.29) is 12.6 Å². The molecule has 1 aliphatic heterocycles. The van der Waals surface area contributed by atoms with E-state index >= 15 is 0 Å². The van der Waals surface area contributed by atoms with Crippen molar-refractivity contribution in [3.05, 3.63) is 46.8 Å². The molecule has 0 radical (unpaired) electrons. The van der Waals surface area contributed by atoms with Gasteiger partial charge in [0.25, 0.3) is 0 Å². The summed E-state index contributed by atoms with van der Waals surface area (Å²) in [6, 6.07) is 6.98. The summed E-state index contributed by atoms with van der Waals surface area (Å²) >= 11 is 0. The molecule has 10 heteroatoms. The highest BCUT2D eigenvalue weighted by Crippen LogP contribution is 2.33. The lowest BCUT2D eigenvalue weighted by Crippen LogP contribution is -2.42. The number of benzene rings is 1. The zero-order valence-corrected chi connectivity index (χ0v) is 20.3. The number of amides is 1. The number of rotatable bonds is 8. The summed E-state index contributed by atoms with van der Waals surface area (Å²) in [5.74, 6) is 1.61. The van der Waals surface area contributed by atoms with Crippen LogP contribution in [0.5, 0.6) is 0 Å². The highest BCUT2D eigenvalue weighted by atomic mass is 16.5. The summed E-state index contributed by atoms with van der Waals surface area (Å²) in [5.41, 5.74) is 10.6. The molecule has 5 N–H and O–H groups in total. The Morgan fingerprint density at radius 3 is 2.69 bits per heavy atom. The quantitative estimate of drug-likeness (QED) is 0.381. The van der Waals surface area contributed by atoms with Gasteiger partial charge in [-0.15, -0.1) is 0 Å². The summed E-state index contributed by atoms with van der Waals surface area (Å²) in [4.78, 5) is 21.8. The Morgan fingerprint density at radius 2 is 2.00 bits per heavy atom. The Morgan fingerprint density at radius 1 is 1.23 bits per heavy atom. The number of aliphatic hydroxyl groups is 1. The average Bonchev–Trinajstić information content (AvgIpc) is 3.21. The van der Waals surface area contributed by atoms with Gasteiger partial charge in [-0.25, -0.2) is 9.97 Å². The molecule has 4 rings (SSSR count). The molecule has 1 aromatic carbocycles. The van der Waals surface area contributed by atoms with Gasteiger partial charge in [-0.1, -0.05) is 23.4 Å². The number of anilines is 1. The van der Waals surface area contributed by atoms with Crippen molar-refractivity contribution in [1.29, 1.82) is 0 Å². The molecular formula is C25H32N6O4. The van der Waals surface area contributed by atoms with Crippen molar-refractivity contribution in [2.45, 2.75) is 52.2 Å². The van der Waals surface area contributed by atoms with Gasteiger partial charge in [0, 0.05) is 36.9 Å². The molecule has 0 spiro atoms. The van der Waals surface area contributed by atoms with Gasteiger partial charge in [0.2, 0.25) is 5.91 Å². The van der Waals surface area contributed by atoms with Crippen LogP contribution in [-0.4, -0.2) is 58.0 Å². The fourth-order valence-corrected chi connectivity index (χ4v) is 4.11. The minimum atomic E-state index is -0.949. The molecule has 0 saturated carbocycles. The van der Waals surface area contributed by atoms with E-state index < -0.39 is 18.6 Å². The molecule has 0 bridgehead atoms. The van der Waals surface area contributed by atoms with E-state index in [1.165, 1.54) is 0 Å². The largest absolute Gasteiger partial charge is 0.394 e. The maximum absolute atomic E-state index is 12.0. The van der Waals surface area contributed by atoms with Crippen LogP contribution in [-0.2, 0) is 16.1 Å². The van der Waals surface area contributed by atoms with Crippen molar-refractivity contribution >= 4 is 11.7 Å². The minimum absolute atomic E-state index is 0.264. The summed E-state index contributed by atoms with van der Waals surface area (Å²) in [5, 5.41) is 19.5. The molecule has 35 heavy (non-hydrogen) atoms. The van der Waals surface area contributed by atoms with E-state index in [9.17, 15) is 4.79 Å². The second-order valence-corrected chi connectivity index (χ2v) is 8.81. The lowest BCUT2D eigenvalue weighted by Gasteiger charge is -2.25. The van der Waals surface area contributed by atoms with Crippen LogP contribution in [0.15, 0.2) is 28.8 Å². The number of nitrogens with two attached hydrogens (primary N) is 1. The second kappa shape index (κ2) is 10.9. The molecule has 1 atom stereocenters. The second-order valence-electron chi connectivity index (χ2n) is 8.81. The van der Waals surface area contributed by atoms with Crippen LogP contribution >= 0.6 is 0 Å². The van der Waals surface area contributed by atoms with E-state index in [1.54, 1.807) is 0 Å². The number of hydrogen-bond acceptors (Lipinski definition) is 9. The third kappa shape index (κ3) is 5.67. The number of hydrogen-bond donors (Lipinski definition) is 4. The number of ether oxygens (including phenoxy) is 1. The van der Waals surface area contributed by atoms with Gasteiger partial charge in [-0.2, -0.15) is 0 Å². The molecule has 10 nitrogen and oxygen atoms in total. The number of aliphatic hydroxyl groups excluding tert-OH is 1. The fourth-order valence-electron chi connectivity index (χ4n) is 4.11. The Labute approximate surface area is 204 Å². The average molecular weight is 481 g/mol. The van der Waals surface area contributed by atoms with Gasteiger partial charge >= 0.3 is 0 Å². The summed E-state index contributed by atoms with van der Waals surface area (Å²) in [6.07, 6.45) is 1.81. The van der Waals surface area contributed by atoms with Crippen molar-refractivity contribution in [2.75, 3.05) is 25.1 Å². The molecule has 0 unspecified atom stereocenters. The zero-order valence-electron chi connectivity index (χ0n) is 20.3. The normalized spacial score (nSPS) is 15.1. The first-order valence-corrected chi connectivity index (χ1v) is 11.8. The van der Waals surface area contributed by atoms with Crippen molar-refractivity contribution in [1.82, 2.24) is 20.4 Å². The Balaban J connectivity index is 1.71. The number of carbonyl (C=O) groups excluding carboxylic acids is 1. The minimum Gasteiger partial charge on any atom is -0.394 e. The van der Waals surface area contributed by atoms with Crippen molar-refractivity contribution in [3.63, 3.8) is 0 Å². The molecule has 2 aromatic heterocycles. The van der Waals surface area contributed by atoms with Gasteiger partial charge in [-0.05, 0) is 45.2 Å². The molecule has 1 amide bonds. The van der Waals surface area contributed by atoms with Crippen LogP contribution in [0, 0.1) is 20.8 Å². The molecule has 3 aromatic rings. The Bertz CT molecular complexity index is 1170. The third-order valence-electron chi connectivity index (χ3n) is 6.16. The number of aryl methyl sites for hydroxylation is 2. The maximum Gasteiger partial charge on any atom is 0.239 e. The van der Waals surface area contributed by atoms with Crippen LogP contribution in [0.1, 0.15) is 35.4 Å². The number of carbonyl (C=O) groups is 1. The van der Waals surface area contributed by atoms with Gasteiger partial charge in [0.1, 0.15) is 17.6 Å². The number of aromatic nitrogens is 3. The van der Waals surface area contributed by atoms with E-state index in [0.29, 0.717) is 11.6 Å². The van der Waals surface area contributed by atoms with E-state index in [1.807, 2.05) is 45.0 Å². The van der Waals surface area contributed by atoms with E-state index in [0.717, 1.165) is 65.5 Å². The van der Waals surface area contributed by atoms with E-state index in [4.69, 9.17) is 30.1 Å². The predicted molar refractivity (Wildman–Crippen MR) is 132 cm³/mol. The summed E-state index contributed by atoms with van der Waals surface area (Å²) in [6.45, 7) is 7.09. The third-order valence-corrected chi connectivity index (χ3v) is 6.16. The Kier molecular flexibility index (Phi) is 7.74. The molecule has 3 heterocycles. The topological polar surface area (TPSA) is 148 Å². The van der Waals surface area contributed by atoms with Crippen molar-refractivity contribution in [3.8, 4) is 22.6 Å². The van der Waals surface area contributed by atoms with Crippen LogP contribution in [0.4, 0.5) is 5.82 Å². The van der Waals surface area contributed by atoms with Crippen molar-refractivity contribution < 1.29 is 19.2 Å². The SMILES string of the molecule is Cc1noc(C)c1-c1nc(-c2cccc(CNC(=O)[C@@H](N)CO)c2)nc(NC2CCOCC2)c1C. The standard InChI is InChI=1S/C25H32N6O4/c1-14-22(21-15(2)31-35-16(21)3)29-24(30-23(14)28-19-7-9-34-10-8-19)18-6-4-5-17(11-18)12-27-25(33)20(26)13-32/h4-6,11,19-20,32H,7-10,12-13,26H2,1-3H3,(H,27,33)(H,28,29,30)/t20-/m0/s1. The van der Waals surface area contributed by atoms with Gasteiger partial charge in [-0.3, -0.25) is 4.79 Å². The van der Waals surface area contributed by atoms with Crippen LogP contribution in [0.2, 0.25) is 0 Å². The predicted octanol–water partition coefficient (Wildman–Crippen LogP) is 2.25. The van der Waals surface area contributed by atoms with Crippen molar-refractivity contribution in [2.24, 2.45) is 5.73 Å². The molecule has 1 saturated heterocycles. The lowest BCUT2D eigenvalue weighted by atomic mass is 10.0. The van der Waals surface area contributed by atoms with Gasteiger partial charge < -0.3 is 30.7 Å². The number of nitrogens with zero attached hydrogens (tertiary/aromatic N) is 3. The summed E-state index contributed by atoms with van der Waals surface area (Å²) < 4.78 is 10.9. The monoisotopic (exact) mass is 480 g/mol. The smallest absolute Gasteiger partial charge is 0.239 e. The van der Waals surface area contributed by atoms with Crippen LogP contribution < -0.4 is 16.4 Å². The van der Waals surface area contributed by atoms with Crippen LogP contribution in [0.3, 0.4) is 0 Å². The zero-order chi connectivity index (χ0) is 24.9. The lowest BCUT2D eigenvalue weighted by molar-refractivity contribution is -0.123. The first-order chi connectivity index (χ1) is 16.9.